The largest absolute Gasteiger partial charge is 0.378 e. The second-order valence-corrected chi connectivity index (χ2v) is 5.43. The Morgan fingerprint density at radius 1 is 1.25 bits per heavy atom. The smallest absolute Gasteiger partial charge is 0.320 e. The molecule has 8 heteroatoms. The normalized spacial score (nSPS) is 14.3. The highest BCUT2D eigenvalue weighted by Gasteiger charge is 2.11. The van der Waals surface area contributed by atoms with Gasteiger partial charge in [-0.2, -0.15) is 0 Å². The minimum absolute atomic E-state index is 0.435. The van der Waals surface area contributed by atoms with Crippen LogP contribution in [0.1, 0.15) is 0 Å². The molecule has 1 saturated heterocycles. The highest BCUT2D eigenvalue weighted by Crippen LogP contribution is 2.22. The van der Waals surface area contributed by atoms with Gasteiger partial charge in [0.25, 0.3) is 0 Å². The van der Waals surface area contributed by atoms with Crippen LogP contribution in [0.3, 0.4) is 0 Å². The van der Waals surface area contributed by atoms with E-state index < -0.39 is 6.03 Å². The summed E-state index contributed by atoms with van der Waals surface area (Å²) in [6, 6.07) is 9.20. The Hall–Kier alpha value is -2.87. The Morgan fingerprint density at radius 2 is 1.96 bits per heavy atom. The van der Waals surface area contributed by atoms with Crippen molar-refractivity contribution in [3.63, 3.8) is 0 Å². The zero-order valence-corrected chi connectivity index (χ0v) is 13.5. The van der Waals surface area contributed by atoms with E-state index in [2.05, 4.69) is 32.3 Å². The van der Waals surface area contributed by atoms with E-state index in [-0.39, 0.29) is 0 Å². The number of primary amides is 1. The number of hydrogen-bond donors (Lipinski definition) is 2. The fourth-order valence-corrected chi connectivity index (χ4v) is 2.44. The summed E-state index contributed by atoms with van der Waals surface area (Å²) in [5.41, 5.74) is 7.32. The highest BCUT2D eigenvalue weighted by atomic mass is 16.5. The number of morpholine rings is 1. The van der Waals surface area contributed by atoms with Gasteiger partial charge in [-0.1, -0.05) is 0 Å². The van der Waals surface area contributed by atoms with Gasteiger partial charge in [-0.3, -0.25) is 4.90 Å². The summed E-state index contributed by atoms with van der Waals surface area (Å²) in [6.45, 7) is 3.33. The summed E-state index contributed by atoms with van der Waals surface area (Å²) in [7, 11) is 1.56. The number of nitrogens with zero attached hydrogens (tertiary/aromatic N) is 4. The monoisotopic (exact) mass is 328 g/mol. The molecule has 2 amide bonds. The Kier molecular flexibility index (Phi) is 4.76. The maximum Gasteiger partial charge on any atom is 0.320 e. The number of benzene rings is 1. The minimum Gasteiger partial charge on any atom is -0.378 e. The van der Waals surface area contributed by atoms with Crippen LogP contribution in [-0.2, 0) is 4.74 Å². The number of nitrogens with one attached hydrogen (secondary N) is 1. The number of rotatable bonds is 4. The second-order valence-electron chi connectivity index (χ2n) is 5.43. The molecule has 3 N–H and O–H groups in total. The third-order valence-corrected chi connectivity index (χ3v) is 3.84. The van der Waals surface area contributed by atoms with Gasteiger partial charge >= 0.3 is 6.03 Å². The van der Waals surface area contributed by atoms with Crippen LogP contribution in [0, 0.1) is 0 Å². The molecule has 126 valence electrons. The molecule has 0 spiro atoms. The van der Waals surface area contributed by atoms with E-state index >= 15 is 0 Å². The third-order valence-electron chi connectivity index (χ3n) is 3.84. The molecule has 24 heavy (non-hydrogen) atoms. The van der Waals surface area contributed by atoms with Crippen LogP contribution in [0.4, 0.5) is 27.8 Å². The third kappa shape index (κ3) is 3.72. The van der Waals surface area contributed by atoms with Crippen LogP contribution in [-0.4, -0.2) is 49.4 Å². The van der Waals surface area contributed by atoms with Crippen LogP contribution in [0.2, 0.25) is 0 Å². The van der Waals surface area contributed by atoms with E-state index in [9.17, 15) is 4.79 Å². The second kappa shape index (κ2) is 7.14. The first-order valence-corrected chi connectivity index (χ1v) is 7.68. The van der Waals surface area contributed by atoms with E-state index in [4.69, 9.17) is 10.5 Å². The average molecular weight is 328 g/mol. The van der Waals surface area contributed by atoms with E-state index in [0.717, 1.165) is 32.0 Å². The lowest BCUT2D eigenvalue weighted by Gasteiger charge is -2.28. The number of nitrogens with two attached hydrogens (primary N) is 1. The number of carbonyl (C=O) groups is 1. The molecule has 0 aliphatic carbocycles. The summed E-state index contributed by atoms with van der Waals surface area (Å²) in [4.78, 5) is 23.0. The van der Waals surface area contributed by atoms with Crippen LogP contribution in [0.5, 0.6) is 0 Å². The predicted molar refractivity (Wildman–Crippen MR) is 92.8 cm³/mol. The fraction of sp³-hybridized carbons (Fsp3) is 0.312. The lowest BCUT2D eigenvalue weighted by molar-refractivity contribution is 0.122. The van der Waals surface area contributed by atoms with Gasteiger partial charge in [0, 0.05) is 37.6 Å². The topological polar surface area (TPSA) is 96.6 Å². The number of urea groups is 1. The molecule has 2 aromatic rings. The maximum atomic E-state index is 11.2. The molecule has 1 aromatic heterocycles. The van der Waals surface area contributed by atoms with Gasteiger partial charge < -0.3 is 20.7 Å². The predicted octanol–water partition coefficient (Wildman–Crippen LogP) is 1.57. The van der Waals surface area contributed by atoms with Crippen LogP contribution >= 0.6 is 0 Å². The fourth-order valence-electron chi connectivity index (χ4n) is 2.44. The standard InChI is InChI=1S/C16H20N6O2/c1-21(16(17)23)15-10-14(18-11-19-15)20-12-2-4-13(5-3-12)22-6-8-24-9-7-22/h2-5,10-11H,6-9H2,1H3,(H2,17,23)(H,18,19,20). The summed E-state index contributed by atoms with van der Waals surface area (Å²) in [6.07, 6.45) is 1.39. The van der Waals surface area contributed by atoms with Gasteiger partial charge in [0.1, 0.15) is 18.0 Å². The number of hydrogen-bond acceptors (Lipinski definition) is 6. The molecule has 1 aromatic carbocycles. The molecule has 0 radical (unpaired) electrons. The van der Waals surface area contributed by atoms with Gasteiger partial charge in [0.2, 0.25) is 0 Å². The zero-order chi connectivity index (χ0) is 16.9. The Morgan fingerprint density at radius 3 is 2.62 bits per heavy atom. The van der Waals surface area contributed by atoms with Gasteiger partial charge in [-0.05, 0) is 24.3 Å². The van der Waals surface area contributed by atoms with Gasteiger partial charge in [0.15, 0.2) is 0 Å². The van der Waals surface area contributed by atoms with Crippen molar-refractivity contribution in [2.24, 2.45) is 5.73 Å². The van der Waals surface area contributed by atoms with Crippen molar-refractivity contribution in [1.82, 2.24) is 9.97 Å². The molecule has 0 bridgehead atoms. The van der Waals surface area contributed by atoms with E-state index in [0.29, 0.717) is 11.6 Å². The SMILES string of the molecule is CN(C(N)=O)c1cc(Nc2ccc(N3CCOCC3)cc2)ncn1. The van der Waals surface area contributed by atoms with Crippen molar-refractivity contribution in [3.8, 4) is 0 Å². The molecule has 2 heterocycles. The maximum absolute atomic E-state index is 11.2. The molecule has 0 unspecified atom stereocenters. The number of anilines is 4. The average Bonchev–Trinajstić information content (AvgIpc) is 2.62. The van der Waals surface area contributed by atoms with Crippen molar-refractivity contribution >= 4 is 29.0 Å². The van der Waals surface area contributed by atoms with Gasteiger partial charge in [0.05, 0.1) is 13.2 Å². The first kappa shape index (κ1) is 16.0. The van der Waals surface area contributed by atoms with E-state index in [1.165, 1.54) is 16.9 Å². The van der Waals surface area contributed by atoms with Gasteiger partial charge in [-0.15, -0.1) is 0 Å². The summed E-state index contributed by atoms with van der Waals surface area (Å²) in [5.74, 6) is 1.03. The van der Waals surface area contributed by atoms with Crippen LogP contribution in [0.15, 0.2) is 36.7 Å². The summed E-state index contributed by atoms with van der Waals surface area (Å²) >= 11 is 0. The number of aromatic nitrogens is 2. The highest BCUT2D eigenvalue weighted by molar-refractivity contribution is 5.89. The molecule has 1 aliphatic rings. The van der Waals surface area contributed by atoms with Crippen molar-refractivity contribution in [1.29, 1.82) is 0 Å². The Labute approximate surface area is 140 Å². The van der Waals surface area contributed by atoms with E-state index in [1.807, 2.05) is 12.1 Å². The molecule has 3 rings (SSSR count). The molecule has 1 fully saturated rings. The Balaban J connectivity index is 1.69. The molecule has 0 saturated carbocycles. The molecule has 0 atom stereocenters. The number of amides is 2. The van der Waals surface area contributed by atoms with Gasteiger partial charge in [-0.25, -0.2) is 14.8 Å². The van der Waals surface area contributed by atoms with Crippen molar-refractivity contribution in [2.75, 3.05) is 48.5 Å². The molecule has 8 nitrogen and oxygen atoms in total. The summed E-state index contributed by atoms with van der Waals surface area (Å²) in [5, 5.41) is 3.20. The lowest BCUT2D eigenvalue weighted by Crippen LogP contribution is -2.36. The number of carbonyl (C=O) groups excluding carboxylic acids is 1. The Bertz CT molecular complexity index is 700. The van der Waals surface area contributed by atoms with Crippen LogP contribution in [0.25, 0.3) is 0 Å². The number of ether oxygens (including phenoxy) is 1. The first-order valence-electron chi connectivity index (χ1n) is 7.68. The first-order chi connectivity index (χ1) is 11.6. The zero-order valence-electron chi connectivity index (χ0n) is 13.5. The minimum atomic E-state index is -0.575. The molecular weight excluding hydrogens is 308 g/mol. The lowest BCUT2D eigenvalue weighted by atomic mass is 10.2. The molecule has 1 aliphatic heterocycles. The quantitative estimate of drug-likeness (QED) is 0.884. The summed E-state index contributed by atoms with van der Waals surface area (Å²) < 4.78 is 5.37. The van der Waals surface area contributed by atoms with Crippen molar-refractivity contribution < 1.29 is 9.53 Å². The van der Waals surface area contributed by atoms with E-state index in [1.54, 1.807) is 13.1 Å². The van der Waals surface area contributed by atoms with Crippen molar-refractivity contribution in [3.05, 3.63) is 36.7 Å². The van der Waals surface area contributed by atoms with Crippen molar-refractivity contribution in [2.45, 2.75) is 0 Å². The molecular formula is C16H20N6O2. The van der Waals surface area contributed by atoms with Crippen LogP contribution < -0.4 is 20.9 Å².